The van der Waals surface area contributed by atoms with E-state index in [2.05, 4.69) is 10.1 Å². The van der Waals surface area contributed by atoms with E-state index in [1.54, 1.807) is 30.3 Å². The SMILES string of the molecule is COC(=O)c1cccc(C(=O)Nc2ccc(CN)c(C(N)=O)c2)c1. The first kappa shape index (κ1) is 17.2. The van der Waals surface area contributed by atoms with Gasteiger partial charge in [-0.25, -0.2) is 4.79 Å². The Morgan fingerprint density at radius 1 is 1.08 bits per heavy atom. The molecule has 0 atom stereocenters. The number of primary amides is 1. The molecule has 0 spiro atoms. The van der Waals surface area contributed by atoms with Gasteiger partial charge in [0.2, 0.25) is 5.91 Å². The highest BCUT2D eigenvalue weighted by Gasteiger charge is 2.13. The lowest BCUT2D eigenvalue weighted by Crippen LogP contribution is -2.17. The number of carbonyl (C=O) groups excluding carboxylic acids is 3. The second-order valence-corrected chi connectivity index (χ2v) is 4.97. The predicted molar refractivity (Wildman–Crippen MR) is 88.6 cm³/mol. The number of rotatable bonds is 5. The zero-order valence-corrected chi connectivity index (χ0v) is 13.0. The summed E-state index contributed by atoms with van der Waals surface area (Å²) in [6, 6.07) is 10.8. The van der Waals surface area contributed by atoms with E-state index in [1.165, 1.54) is 19.2 Å². The summed E-state index contributed by atoms with van der Waals surface area (Å²) < 4.78 is 4.62. The molecular weight excluding hydrogens is 310 g/mol. The van der Waals surface area contributed by atoms with Crippen molar-refractivity contribution in [1.29, 1.82) is 0 Å². The van der Waals surface area contributed by atoms with Crippen molar-refractivity contribution in [3.8, 4) is 0 Å². The van der Waals surface area contributed by atoms with Crippen molar-refractivity contribution in [2.75, 3.05) is 12.4 Å². The van der Waals surface area contributed by atoms with Crippen LogP contribution in [0.2, 0.25) is 0 Å². The fourth-order valence-corrected chi connectivity index (χ4v) is 2.17. The second kappa shape index (κ2) is 7.38. The number of esters is 1. The lowest BCUT2D eigenvalue weighted by Gasteiger charge is -2.10. The molecule has 2 aromatic carbocycles. The molecule has 0 heterocycles. The number of nitrogens with one attached hydrogen (secondary N) is 1. The molecule has 0 aromatic heterocycles. The first-order valence-electron chi connectivity index (χ1n) is 7.08. The zero-order chi connectivity index (χ0) is 17.7. The molecule has 124 valence electrons. The molecule has 7 heteroatoms. The van der Waals surface area contributed by atoms with Crippen molar-refractivity contribution in [3.63, 3.8) is 0 Å². The van der Waals surface area contributed by atoms with Crippen molar-refractivity contribution in [2.45, 2.75) is 6.54 Å². The molecule has 0 unspecified atom stereocenters. The van der Waals surface area contributed by atoms with Gasteiger partial charge in [0, 0.05) is 23.4 Å². The average molecular weight is 327 g/mol. The number of hydrogen-bond donors (Lipinski definition) is 3. The minimum Gasteiger partial charge on any atom is -0.465 e. The summed E-state index contributed by atoms with van der Waals surface area (Å²) in [7, 11) is 1.26. The third-order valence-corrected chi connectivity index (χ3v) is 3.40. The van der Waals surface area contributed by atoms with E-state index in [-0.39, 0.29) is 23.2 Å². The van der Waals surface area contributed by atoms with Gasteiger partial charge < -0.3 is 21.5 Å². The van der Waals surface area contributed by atoms with Crippen LogP contribution in [0.3, 0.4) is 0 Å². The molecule has 0 aliphatic rings. The molecule has 0 fully saturated rings. The fraction of sp³-hybridized carbons (Fsp3) is 0.118. The largest absolute Gasteiger partial charge is 0.465 e. The van der Waals surface area contributed by atoms with Gasteiger partial charge in [0.05, 0.1) is 12.7 Å². The van der Waals surface area contributed by atoms with E-state index in [4.69, 9.17) is 11.5 Å². The monoisotopic (exact) mass is 327 g/mol. The normalized spacial score (nSPS) is 10.1. The second-order valence-electron chi connectivity index (χ2n) is 4.97. The molecule has 24 heavy (non-hydrogen) atoms. The van der Waals surface area contributed by atoms with Crippen LogP contribution >= 0.6 is 0 Å². The van der Waals surface area contributed by atoms with Crippen LogP contribution in [0.1, 0.15) is 36.6 Å². The molecule has 2 amide bonds. The Kier molecular flexibility index (Phi) is 5.28. The van der Waals surface area contributed by atoms with E-state index in [0.717, 1.165) is 0 Å². The summed E-state index contributed by atoms with van der Waals surface area (Å²) in [5.41, 5.74) is 12.6. The van der Waals surface area contributed by atoms with Crippen LogP contribution in [0.15, 0.2) is 42.5 Å². The Morgan fingerprint density at radius 3 is 2.42 bits per heavy atom. The quantitative estimate of drug-likeness (QED) is 0.714. The van der Waals surface area contributed by atoms with Crippen molar-refractivity contribution in [1.82, 2.24) is 0 Å². The van der Waals surface area contributed by atoms with Crippen molar-refractivity contribution >= 4 is 23.5 Å². The number of carbonyl (C=O) groups is 3. The number of amides is 2. The molecule has 0 saturated heterocycles. The highest BCUT2D eigenvalue weighted by atomic mass is 16.5. The third kappa shape index (κ3) is 3.76. The molecule has 0 saturated carbocycles. The zero-order valence-electron chi connectivity index (χ0n) is 13.0. The number of benzene rings is 2. The van der Waals surface area contributed by atoms with Crippen molar-refractivity contribution < 1.29 is 19.1 Å². The first-order valence-corrected chi connectivity index (χ1v) is 7.08. The topological polar surface area (TPSA) is 125 Å². The molecule has 0 bridgehead atoms. The van der Waals surface area contributed by atoms with Crippen molar-refractivity contribution in [3.05, 3.63) is 64.7 Å². The van der Waals surface area contributed by atoms with Crippen molar-refractivity contribution in [2.24, 2.45) is 11.5 Å². The predicted octanol–water partition coefficient (Wildman–Crippen LogP) is 1.28. The van der Waals surface area contributed by atoms with Crippen LogP contribution in [-0.2, 0) is 11.3 Å². The van der Waals surface area contributed by atoms with E-state index >= 15 is 0 Å². The molecule has 2 rings (SSSR count). The minimum atomic E-state index is -0.626. The van der Waals surface area contributed by atoms with Gasteiger partial charge in [0.25, 0.3) is 5.91 Å². The summed E-state index contributed by atoms with van der Waals surface area (Å²) >= 11 is 0. The lowest BCUT2D eigenvalue weighted by atomic mass is 10.1. The molecule has 2 aromatic rings. The maximum Gasteiger partial charge on any atom is 0.337 e. The standard InChI is InChI=1S/C17H17N3O4/c1-24-17(23)11-4-2-3-10(7-11)16(22)20-13-6-5-12(9-18)14(8-13)15(19)21/h2-8H,9,18H2,1H3,(H2,19,21)(H,20,22). The Morgan fingerprint density at radius 2 is 1.79 bits per heavy atom. The van der Waals surface area contributed by atoms with Gasteiger partial charge in [-0.1, -0.05) is 12.1 Å². The Balaban J connectivity index is 2.25. The van der Waals surface area contributed by atoms with E-state index < -0.39 is 17.8 Å². The molecule has 0 aliphatic heterocycles. The average Bonchev–Trinajstić information content (AvgIpc) is 2.60. The summed E-state index contributed by atoms with van der Waals surface area (Å²) in [5.74, 6) is -1.59. The number of ether oxygens (including phenoxy) is 1. The van der Waals surface area contributed by atoms with Gasteiger partial charge in [-0.05, 0) is 35.9 Å². The number of anilines is 1. The van der Waals surface area contributed by atoms with Gasteiger partial charge in [0.1, 0.15) is 0 Å². The summed E-state index contributed by atoms with van der Waals surface area (Å²) in [6.07, 6.45) is 0. The first-order chi connectivity index (χ1) is 11.5. The molecule has 7 nitrogen and oxygen atoms in total. The number of methoxy groups -OCH3 is 1. The van der Waals surface area contributed by atoms with Gasteiger partial charge in [-0.15, -0.1) is 0 Å². The minimum absolute atomic E-state index is 0.160. The van der Waals surface area contributed by atoms with Crippen LogP contribution in [0, 0.1) is 0 Å². The number of nitrogens with two attached hydrogens (primary N) is 2. The number of hydrogen-bond acceptors (Lipinski definition) is 5. The summed E-state index contributed by atoms with van der Waals surface area (Å²) in [5, 5.41) is 2.65. The Labute approximate surface area is 138 Å². The van der Waals surface area contributed by atoms with Crippen LogP contribution < -0.4 is 16.8 Å². The fourth-order valence-electron chi connectivity index (χ4n) is 2.17. The van der Waals surface area contributed by atoms with Gasteiger partial charge in [0.15, 0.2) is 0 Å². The maximum atomic E-state index is 12.3. The van der Waals surface area contributed by atoms with Crippen LogP contribution in [-0.4, -0.2) is 24.9 Å². The Hall–Kier alpha value is -3.19. The van der Waals surface area contributed by atoms with E-state index in [0.29, 0.717) is 11.3 Å². The van der Waals surface area contributed by atoms with Crippen LogP contribution in [0.25, 0.3) is 0 Å². The van der Waals surface area contributed by atoms with Gasteiger partial charge in [-0.2, -0.15) is 0 Å². The van der Waals surface area contributed by atoms with E-state index in [9.17, 15) is 14.4 Å². The summed E-state index contributed by atoms with van der Waals surface area (Å²) in [6.45, 7) is 0.160. The molecule has 0 radical (unpaired) electrons. The molecular formula is C17H17N3O4. The Bertz CT molecular complexity index is 802. The third-order valence-electron chi connectivity index (χ3n) is 3.40. The van der Waals surface area contributed by atoms with Crippen LogP contribution in [0.4, 0.5) is 5.69 Å². The molecule has 0 aliphatic carbocycles. The highest BCUT2D eigenvalue weighted by molar-refractivity contribution is 6.06. The van der Waals surface area contributed by atoms with Gasteiger partial charge >= 0.3 is 5.97 Å². The summed E-state index contributed by atoms with van der Waals surface area (Å²) in [4.78, 5) is 35.3. The lowest BCUT2D eigenvalue weighted by molar-refractivity contribution is 0.0600. The highest BCUT2D eigenvalue weighted by Crippen LogP contribution is 2.17. The smallest absolute Gasteiger partial charge is 0.337 e. The van der Waals surface area contributed by atoms with E-state index in [1.807, 2.05) is 0 Å². The maximum absolute atomic E-state index is 12.3. The van der Waals surface area contributed by atoms with Gasteiger partial charge in [-0.3, -0.25) is 9.59 Å². The molecule has 5 N–H and O–H groups in total. The van der Waals surface area contributed by atoms with Crippen LogP contribution in [0.5, 0.6) is 0 Å².